The molecule has 3 nitrogen and oxygen atoms in total. The first-order valence-corrected chi connectivity index (χ1v) is 5.73. The maximum absolute atomic E-state index is 7.00. The number of nitrogens with two attached hydrogens (primary N) is 1. The summed E-state index contributed by atoms with van der Waals surface area (Å²) in [6.45, 7) is 1.18. The van der Waals surface area contributed by atoms with E-state index in [1.807, 2.05) is 0 Å². The van der Waals surface area contributed by atoms with Crippen molar-refractivity contribution in [2.75, 3.05) is 26.4 Å². The van der Waals surface area contributed by atoms with E-state index in [0.717, 1.165) is 5.75 Å². The summed E-state index contributed by atoms with van der Waals surface area (Å²) < 4.78 is 0. The Morgan fingerprint density at radius 2 is 1.85 bits per heavy atom. The van der Waals surface area contributed by atoms with Crippen molar-refractivity contribution in [3.05, 3.63) is 0 Å². The van der Waals surface area contributed by atoms with Gasteiger partial charge in [0, 0.05) is 5.75 Å². The molecule has 3 N–H and O–H groups in total. The van der Waals surface area contributed by atoms with Gasteiger partial charge in [0.05, 0.1) is 0 Å². The number of nitrogens with zero attached hydrogens (tertiary/aromatic N) is 1. The second-order valence-corrected chi connectivity index (χ2v) is 4.57. The SMILES string of the molecule is CN(C)CCCCCCSC(=N)N. The lowest BCUT2D eigenvalue weighted by atomic mass is 10.2. The van der Waals surface area contributed by atoms with Gasteiger partial charge in [-0.2, -0.15) is 0 Å². The molecular weight excluding hydrogens is 182 g/mol. The van der Waals surface area contributed by atoms with Gasteiger partial charge in [0.1, 0.15) is 0 Å². The van der Waals surface area contributed by atoms with E-state index in [2.05, 4.69) is 19.0 Å². The molecule has 0 rings (SSSR count). The molecule has 0 unspecified atom stereocenters. The molecule has 0 aromatic rings. The van der Waals surface area contributed by atoms with E-state index in [1.165, 1.54) is 44.0 Å². The third-order valence-electron chi connectivity index (χ3n) is 1.76. The number of rotatable bonds is 7. The van der Waals surface area contributed by atoms with Crippen LogP contribution < -0.4 is 5.73 Å². The van der Waals surface area contributed by atoms with Crippen LogP contribution in [0.3, 0.4) is 0 Å². The zero-order valence-electron chi connectivity index (χ0n) is 8.68. The highest BCUT2D eigenvalue weighted by atomic mass is 32.2. The quantitative estimate of drug-likeness (QED) is 0.376. The van der Waals surface area contributed by atoms with E-state index in [-0.39, 0.29) is 5.17 Å². The van der Waals surface area contributed by atoms with Gasteiger partial charge in [-0.15, -0.1) is 0 Å². The average Bonchev–Trinajstić information content (AvgIpc) is 2.01. The average molecular weight is 203 g/mol. The van der Waals surface area contributed by atoms with Crippen molar-refractivity contribution in [2.24, 2.45) is 5.73 Å². The van der Waals surface area contributed by atoms with Crippen molar-refractivity contribution in [3.63, 3.8) is 0 Å². The summed E-state index contributed by atoms with van der Waals surface area (Å²) in [5, 5.41) is 7.24. The van der Waals surface area contributed by atoms with Gasteiger partial charge in [0.15, 0.2) is 5.17 Å². The first-order valence-electron chi connectivity index (χ1n) is 4.74. The Bertz CT molecular complexity index is 137. The van der Waals surface area contributed by atoms with E-state index >= 15 is 0 Å². The molecule has 13 heavy (non-hydrogen) atoms. The summed E-state index contributed by atoms with van der Waals surface area (Å²) in [4.78, 5) is 2.21. The van der Waals surface area contributed by atoms with E-state index in [9.17, 15) is 0 Å². The maximum atomic E-state index is 7.00. The summed E-state index contributed by atoms with van der Waals surface area (Å²) in [6.07, 6.45) is 5.00. The standard InChI is InChI=1S/C9H21N3S/c1-12(2)7-5-3-4-6-8-13-9(10)11/h3-8H2,1-2H3,(H3,10,11). The van der Waals surface area contributed by atoms with Crippen molar-refractivity contribution >= 4 is 16.9 Å². The van der Waals surface area contributed by atoms with Gasteiger partial charge in [0.25, 0.3) is 0 Å². The van der Waals surface area contributed by atoms with Crippen LogP contribution in [0.25, 0.3) is 0 Å². The lowest BCUT2D eigenvalue weighted by Gasteiger charge is -2.08. The summed E-state index contributed by atoms with van der Waals surface area (Å²) in [5.74, 6) is 0.997. The maximum Gasteiger partial charge on any atom is 0.151 e. The van der Waals surface area contributed by atoms with Crippen LogP contribution in [0.2, 0.25) is 0 Å². The van der Waals surface area contributed by atoms with Gasteiger partial charge in [-0.1, -0.05) is 24.6 Å². The highest BCUT2D eigenvalue weighted by molar-refractivity contribution is 8.13. The highest BCUT2D eigenvalue weighted by Gasteiger charge is 1.93. The fourth-order valence-corrected chi connectivity index (χ4v) is 1.63. The summed E-state index contributed by atoms with van der Waals surface area (Å²) in [7, 11) is 4.21. The van der Waals surface area contributed by atoms with Gasteiger partial charge in [-0.25, -0.2) is 0 Å². The lowest BCUT2D eigenvalue weighted by Crippen LogP contribution is -2.12. The Labute approximate surface area is 85.6 Å². The first kappa shape index (κ1) is 12.8. The Balaban J connectivity index is 2.96. The Morgan fingerprint density at radius 3 is 2.38 bits per heavy atom. The van der Waals surface area contributed by atoms with Gasteiger partial charge in [0.2, 0.25) is 0 Å². The molecule has 78 valence electrons. The van der Waals surface area contributed by atoms with Crippen LogP contribution in [0.5, 0.6) is 0 Å². The normalized spacial score (nSPS) is 10.7. The van der Waals surface area contributed by atoms with Gasteiger partial charge in [-0.3, -0.25) is 5.41 Å². The summed E-state index contributed by atoms with van der Waals surface area (Å²) in [5.41, 5.74) is 5.21. The zero-order chi connectivity index (χ0) is 10.1. The summed E-state index contributed by atoms with van der Waals surface area (Å²) in [6, 6.07) is 0. The molecule has 0 saturated heterocycles. The van der Waals surface area contributed by atoms with Crippen LogP contribution in [0.15, 0.2) is 0 Å². The first-order chi connectivity index (χ1) is 6.13. The molecule has 0 heterocycles. The van der Waals surface area contributed by atoms with E-state index < -0.39 is 0 Å². The minimum atomic E-state index is 0.244. The summed E-state index contributed by atoms with van der Waals surface area (Å²) >= 11 is 1.45. The monoisotopic (exact) mass is 203 g/mol. The molecule has 0 radical (unpaired) electrons. The highest BCUT2D eigenvalue weighted by Crippen LogP contribution is 2.06. The molecule has 0 saturated carbocycles. The van der Waals surface area contributed by atoms with E-state index in [0.29, 0.717) is 0 Å². The fourth-order valence-electron chi connectivity index (χ4n) is 1.07. The second kappa shape index (κ2) is 8.38. The van der Waals surface area contributed by atoms with Crippen LogP contribution in [-0.2, 0) is 0 Å². The number of amidine groups is 1. The van der Waals surface area contributed by atoms with Crippen LogP contribution in [0.4, 0.5) is 0 Å². The number of hydrogen-bond acceptors (Lipinski definition) is 3. The van der Waals surface area contributed by atoms with Gasteiger partial charge < -0.3 is 10.6 Å². The van der Waals surface area contributed by atoms with Crippen molar-refractivity contribution in [3.8, 4) is 0 Å². The molecule has 0 atom stereocenters. The molecule has 0 bridgehead atoms. The Hall–Kier alpha value is -0.220. The predicted octanol–water partition coefficient (Wildman–Crippen LogP) is 1.74. The lowest BCUT2D eigenvalue weighted by molar-refractivity contribution is 0.391. The van der Waals surface area contributed by atoms with Crippen molar-refractivity contribution in [2.45, 2.75) is 25.7 Å². The third-order valence-corrected chi connectivity index (χ3v) is 2.56. The molecule has 0 aromatic carbocycles. The fraction of sp³-hybridized carbons (Fsp3) is 0.889. The molecule has 0 aliphatic heterocycles. The Kier molecular flexibility index (Phi) is 8.24. The second-order valence-electron chi connectivity index (χ2n) is 3.43. The van der Waals surface area contributed by atoms with Crippen LogP contribution in [0.1, 0.15) is 25.7 Å². The molecular formula is C9H21N3S. The Morgan fingerprint density at radius 1 is 1.23 bits per heavy atom. The van der Waals surface area contributed by atoms with Crippen LogP contribution in [-0.4, -0.2) is 36.5 Å². The van der Waals surface area contributed by atoms with Crippen molar-refractivity contribution < 1.29 is 0 Å². The molecule has 4 heteroatoms. The minimum absolute atomic E-state index is 0.244. The minimum Gasteiger partial charge on any atom is -0.379 e. The van der Waals surface area contributed by atoms with Gasteiger partial charge in [-0.05, 0) is 33.5 Å². The number of nitrogens with one attached hydrogen (secondary N) is 1. The van der Waals surface area contributed by atoms with Gasteiger partial charge >= 0.3 is 0 Å². The van der Waals surface area contributed by atoms with Crippen molar-refractivity contribution in [1.29, 1.82) is 5.41 Å². The van der Waals surface area contributed by atoms with E-state index in [4.69, 9.17) is 11.1 Å². The molecule has 0 aromatic heterocycles. The third kappa shape index (κ3) is 11.8. The number of unbranched alkanes of at least 4 members (excludes halogenated alkanes) is 3. The molecule has 0 aliphatic carbocycles. The number of hydrogen-bond donors (Lipinski definition) is 2. The van der Waals surface area contributed by atoms with Crippen LogP contribution >= 0.6 is 11.8 Å². The van der Waals surface area contributed by atoms with Crippen LogP contribution in [0, 0.1) is 5.41 Å². The van der Waals surface area contributed by atoms with Crippen molar-refractivity contribution in [1.82, 2.24) is 4.90 Å². The van der Waals surface area contributed by atoms with E-state index in [1.54, 1.807) is 0 Å². The number of thioether (sulfide) groups is 1. The smallest absolute Gasteiger partial charge is 0.151 e. The predicted molar refractivity (Wildman–Crippen MR) is 61.4 cm³/mol. The molecule has 0 fully saturated rings. The zero-order valence-corrected chi connectivity index (χ0v) is 9.49. The molecule has 0 amide bonds. The molecule has 0 aliphatic rings. The molecule has 0 spiro atoms. The topological polar surface area (TPSA) is 53.1 Å². The largest absolute Gasteiger partial charge is 0.379 e.